The van der Waals surface area contributed by atoms with E-state index in [9.17, 15) is 27.2 Å². The van der Waals surface area contributed by atoms with Gasteiger partial charge in [-0.05, 0) is 42.7 Å². The van der Waals surface area contributed by atoms with Crippen molar-refractivity contribution in [2.24, 2.45) is 5.92 Å². The fourth-order valence-electron chi connectivity index (χ4n) is 3.40. The maximum atomic E-state index is 12.9. The van der Waals surface area contributed by atoms with Gasteiger partial charge in [-0.25, -0.2) is 8.42 Å². The molecular formula is C17H22F2N2O6S. The molecule has 1 saturated heterocycles. The zero-order valence-electron chi connectivity index (χ0n) is 15.1. The molecule has 3 rings (SSSR count). The molecule has 8 nitrogen and oxygen atoms in total. The second-order valence-electron chi connectivity index (χ2n) is 7.27. The minimum atomic E-state index is -3.82. The Morgan fingerprint density at radius 1 is 1.39 bits per heavy atom. The fraction of sp³-hybridized carbons (Fsp3) is 0.588. The molecule has 1 unspecified atom stereocenters. The molecule has 0 aromatic heterocycles. The summed E-state index contributed by atoms with van der Waals surface area (Å²) in [5, 5.41) is 23.1. The van der Waals surface area contributed by atoms with Crippen molar-refractivity contribution in [1.29, 1.82) is 0 Å². The average molecular weight is 420 g/mol. The lowest BCUT2D eigenvalue weighted by molar-refractivity contribution is -0.139. The van der Waals surface area contributed by atoms with Crippen LogP contribution in [-0.4, -0.2) is 56.7 Å². The molecule has 1 saturated carbocycles. The third-order valence-corrected chi connectivity index (χ3v) is 6.13. The van der Waals surface area contributed by atoms with E-state index in [4.69, 9.17) is 5.11 Å². The Morgan fingerprint density at radius 3 is 2.57 bits per heavy atom. The maximum absolute atomic E-state index is 12.9. The van der Waals surface area contributed by atoms with Crippen LogP contribution in [0.5, 0.6) is 5.75 Å². The van der Waals surface area contributed by atoms with Crippen molar-refractivity contribution in [3.8, 4) is 5.75 Å². The Balaban J connectivity index is 2.06. The number of halogens is 2. The number of nitrogens with zero attached hydrogens (tertiary/aromatic N) is 1. The minimum absolute atomic E-state index is 0.0617. The van der Waals surface area contributed by atoms with Crippen LogP contribution in [0.4, 0.5) is 14.5 Å². The van der Waals surface area contributed by atoms with Crippen molar-refractivity contribution in [2.45, 2.75) is 42.7 Å². The molecule has 2 fully saturated rings. The molecule has 0 bridgehead atoms. The van der Waals surface area contributed by atoms with Crippen LogP contribution in [0.2, 0.25) is 0 Å². The van der Waals surface area contributed by atoms with Gasteiger partial charge in [0, 0.05) is 25.4 Å². The second-order valence-corrected chi connectivity index (χ2v) is 9.25. The first-order valence-corrected chi connectivity index (χ1v) is 10.7. The number of anilines is 1. The summed E-state index contributed by atoms with van der Waals surface area (Å²) in [5.74, 6) is -1.74. The highest BCUT2D eigenvalue weighted by Gasteiger charge is 2.35. The Bertz CT molecular complexity index is 859. The third-order valence-electron chi connectivity index (χ3n) is 4.98. The summed E-state index contributed by atoms with van der Waals surface area (Å²) >= 11 is 0. The summed E-state index contributed by atoms with van der Waals surface area (Å²) in [5.41, 5.74) is 0.207. The first kappa shape index (κ1) is 20.7. The Kier molecular flexibility index (Phi) is 5.78. The number of carbonyl (C=O) groups is 1. The van der Waals surface area contributed by atoms with Crippen LogP contribution in [0.15, 0.2) is 17.0 Å². The van der Waals surface area contributed by atoms with Gasteiger partial charge in [0.15, 0.2) is 15.6 Å². The van der Waals surface area contributed by atoms with Gasteiger partial charge in [-0.3, -0.25) is 15.1 Å². The lowest BCUT2D eigenvalue weighted by Gasteiger charge is -2.24. The highest BCUT2D eigenvalue weighted by Crippen LogP contribution is 2.41. The van der Waals surface area contributed by atoms with Crippen LogP contribution in [0, 0.1) is 5.92 Å². The van der Waals surface area contributed by atoms with Crippen LogP contribution in [0.1, 0.15) is 30.7 Å². The SMILES string of the molecule is CS(=O)(=O)c1cc(OC(F)F)c(N(O)CC2CC2)cc1C1CN[C@@H](C(=O)O)C1. The number of hydrogen-bond acceptors (Lipinski definition) is 7. The monoisotopic (exact) mass is 420 g/mol. The largest absolute Gasteiger partial charge is 0.480 e. The molecule has 3 N–H and O–H groups in total. The van der Waals surface area contributed by atoms with E-state index in [2.05, 4.69) is 10.1 Å². The quantitative estimate of drug-likeness (QED) is 0.546. The molecule has 1 aromatic carbocycles. The van der Waals surface area contributed by atoms with E-state index in [0.717, 1.165) is 30.2 Å². The van der Waals surface area contributed by atoms with E-state index in [1.807, 2.05) is 0 Å². The lowest BCUT2D eigenvalue weighted by Crippen LogP contribution is -2.29. The maximum Gasteiger partial charge on any atom is 0.387 e. The topological polar surface area (TPSA) is 116 Å². The molecule has 0 amide bonds. The number of hydrogen-bond donors (Lipinski definition) is 3. The van der Waals surface area contributed by atoms with Crippen molar-refractivity contribution < 1.29 is 37.0 Å². The van der Waals surface area contributed by atoms with Gasteiger partial charge in [0.05, 0.1) is 4.90 Å². The van der Waals surface area contributed by atoms with Crippen LogP contribution >= 0.6 is 0 Å². The number of nitrogens with one attached hydrogen (secondary N) is 1. The molecule has 2 atom stereocenters. The fourth-order valence-corrected chi connectivity index (χ4v) is 4.38. The van der Waals surface area contributed by atoms with E-state index < -0.39 is 40.1 Å². The Hall–Kier alpha value is -1.98. The number of alkyl halides is 2. The van der Waals surface area contributed by atoms with Gasteiger partial charge in [-0.2, -0.15) is 8.78 Å². The summed E-state index contributed by atoms with van der Waals surface area (Å²) in [6.07, 6.45) is 2.89. The van der Waals surface area contributed by atoms with Gasteiger partial charge in [0.25, 0.3) is 0 Å². The van der Waals surface area contributed by atoms with Gasteiger partial charge in [0.1, 0.15) is 11.7 Å². The molecule has 28 heavy (non-hydrogen) atoms. The second kappa shape index (κ2) is 7.80. The van der Waals surface area contributed by atoms with E-state index in [-0.39, 0.29) is 41.6 Å². The number of rotatable bonds is 8. The third kappa shape index (κ3) is 4.70. The lowest BCUT2D eigenvalue weighted by atomic mass is 9.95. The molecule has 0 radical (unpaired) electrons. The zero-order valence-corrected chi connectivity index (χ0v) is 16.0. The van der Waals surface area contributed by atoms with Crippen molar-refractivity contribution in [1.82, 2.24) is 5.32 Å². The van der Waals surface area contributed by atoms with E-state index in [1.54, 1.807) is 0 Å². The predicted molar refractivity (Wildman–Crippen MR) is 94.8 cm³/mol. The number of carboxylic acids is 1. The van der Waals surface area contributed by atoms with E-state index in [1.165, 1.54) is 6.07 Å². The molecule has 156 valence electrons. The number of sulfone groups is 1. The van der Waals surface area contributed by atoms with Crippen molar-refractivity contribution >= 4 is 21.5 Å². The standard InChI is InChI=1S/C17H22F2N2O6S/c1-28(25,26)15-6-14(27-17(18)19)13(21(24)8-9-2-3-9)5-11(15)10-4-12(16(22)23)20-7-10/h5-6,9-10,12,17,20,24H,2-4,7-8H2,1H3,(H,22,23)/t10?,12-/m1/s1. The number of aliphatic carboxylic acids is 1. The normalized spacial score (nSPS) is 22.5. The van der Waals surface area contributed by atoms with Gasteiger partial charge in [-0.1, -0.05) is 0 Å². The molecule has 11 heteroatoms. The first-order chi connectivity index (χ1) is 13.1. The van der Waals surface area contributed by atoms with Gasteiger partial charge in [0.2, 0.25) is 0 Å². The summed E-state index contributed by atoms with van der Waals surface area (Å²) in [6.45, 7) is -2.78. The highest BCUT2D eigenvalue weighted by molar-refractivity contribution is 7.90. The molecule has 1 aliphatic carbocycles. The van der Waals surface area contributed by atoms with Crippen LogP contribution in [-0.2, 0) is 14.6 Å². The number of ether oxygens (including phenoxy) is 1. The van der Waals surface area contributed by atoms with E-state index >= 15 is 0 Å². The molecular weight excluding hydrogens is 398 g/mol. The molecule has 1 aliphatic heterocycles. The van der Waals surface area contributed by atoms with Crippen molar-refractivity contribution in [3.05, 3.63) is 17.7 Å². The Labute approximate surface area is 161 Å². The number of benzene rings is 1. The summed E-state index contributed by atoms with van der Waals surface area (Å²) in [6, 6.07) is 1.46. The number of carboxylic acid groups (broad SMARTS) is 1. The predicted octanol–water partition coefficient (Wildman–Crippen LogP) is 1.83. The summed E-state index contributed by atoms with van der Waals surface area (Å²) in [7, 11) is -3.82. The van der Waals surface area contributed by atoms with Crippen LogP contribution in [0.25, 0.3) is 0 Å². The minimum Gasteiger partial charge on any atom is -0.480 e. The van der Waals surface area contributed by atoms with Crippen LogP contribution in [0.3, 0.4) is 0 Å². The van der Waals surface area contributed by atoms with Crippen molar-refractivity contribution in [3.63, 3.8) is 0 Å². The van der Waals surface area contributed by atoms with Gasteiger partial charge < -0.3 is 15.2 Å². The molecule has 0 spiro atoms. The summed E-state index contributed by atoms with van der Waals surface area (Å²) < 4.78 is 54.7. The molecule has 1 heterocycles. The summed E-state index contributed by atoms with van der Waals surface area (Å²) in [4.78, 5) is 11.0. The average Bonchev–Trinajstić information content (AvgIpc) is 3.24. The smallest absolute Gasteiger partial charge is 0.387 e. The highest BCUT2D eigenvalue weighted by atomic mass is 32.2. The van der Waals surface area contributed by atoms with E-state index in [0.29, 0.717) is 0 Å². The Morgan fingerprint density at radius 2 is 2.07 bits per heavy atom. The van der Waals surface area contributed by atoms with Gasteiger partial charge >= 0.3 is 12.6 Å². The van der Waals surface area contributed by atoms with Crippen molar-refractivity contribution in [2.75, 3.05) is 24.4 Å². The molecule has 2 aliphatic rings. The zero-order chi connectivity index (χ0) is 20.6. The van der Waals surface area contributed by atoms with Gasteiger partial charge in [-0.15, -0.1) is 0 Å². The first-order valence-electron chi connectivity index (χ1n) is 8.81. The van der Waals surface area contributed by atoms with Crippen LogP contribution < -0.4 is 15.1 Å². The molecule has 1 aromatic rings. The number of hydroxylamine groups is 1.